The van der Waals surface area contributed by atoms with Crippen molar-refractivity contribution in [2.75, 3.05) is 16.8 Å². The van der Waals surface area contributed by atoms with Gasteiger partial charge in [-0.1, -0.05) is 24.6 Å². The first-order valence-electron chi connectivity index (χ1n) is 8.70. The number of rotatable bonds is 5. The number of benzene rings is 1. The van der Waals surface area contributed by atoms with Crippen LogP contribution in [0.1, 0.15) is 38.2 Å². The van der Waals surface area contributed by atoms with Gasteiger partial charge in [0, 0.05) is 18.3 Å². The molecule has 132 valence electrons. The van der Waals surface area contributed by atoms with Gasteiger partial charge in [-0.05, 0) is 44.7 Å². The van der Waals surface area contributed by atoms with Crippen LogP contribution < -0.4 is 10.2 Å². The molecule has 1 aromatic carbocycles. The zero-order valence-corrected chi connectivity index (χ0v) is 14.6. The molecule has 0 aliphatic carbocycles. The summed E-state index contributed by atoms with van der Waals surface area (Å²) in [6.45, 7) is 4.90. The molecule has 0 spiro atoms. The maximum Gasteiger partial charge on any atom is 0.353 e. The normalized spacial score (nSPS) is 17.4. The van der Waals surface area contributed by atoms with Crippen LogP contribution in [-0.4, -0.2) is 27.5 Å². The third-order valence-electron chi connectivity index (χ3n) is 4.67. The Hall–Kier alpha value is -2.70. The standard InChI is InChI=1S/C18H23N5O2/c1-3-15-6-4-5-11-22(15)18-16(23(24)25)17(19-12-20-18)21-14-9-7-13(2)8-10-14/h7-10,12,15H,3-6,11H2,1-2H3,(H,19,20,21). The van der Waals surface area contributed by atoms with Crippen LogP contribution in [0.2, 0.25) is 0 Å². The zero-order valence-electron chi connectivity index (χ0n) is 14.6. The molecular formula is C18H23N5O2. The van der Waals surface area contributed by atoms with Gasteiger partial charge < -0.3 is 10.2 Å². The van der Waals surface area contributed by atoms with Crippen LogP contribution in [0.15, 0.2) is 30.6 Å². The Kier molecular flexibility index (Phi) is 5.11. The molecule has 7 heteroatoms. The number of nitrogens with zero attached hydrogens (tertiary/aromatic N) is 4. The van der Waals surface area contributed by atoms with Crippen LogP contribution in [0.5, 0.6) is 0 Å². The van der Waals surface area contributed by atoms with Gasteiger partial charge in [0.25, 0.3) is 0 Å². The topological polar surface area (TPSA) is 84.2 Å². The SMILES string of the molecule is CCC1CCCCN1c1ncnc(Nc2ccc(C)cc2)c1[N+](=O)[O-]. The minimum Gasteiger partial charge on any atom is -0.348 e. The van der Waals surface area contributed by atoms with E-state index >= 15 is 0 Å². The molecule has 1 aliphatic heterocycles. The lowest BCUT2D eigenvalue weighted by Gasteiger charge is -2.35. The number of hydrogen-bond donors (Lipinski definition) is 1. The first-order valence-corrected chi connectivity index (χ1v) is 8.70. The van der Waals surface area contributed by atoms with Gasteiger partial charge in [-0.2, -0.15) is 0 Å². The molecule has 1 saturated heterocycles. The largest absolute Gasteiger partial charge is 0.353 e. The molecule has 0 amide bonds. The fraction of sp³-hybridized carbons (Fsp3) is 0.444. The van der Waals surface area contributed by atoms with Crippen molar-refractivity contribution in [1.29, 1.82) is 0 Å². The monoisotopic (exact) mass is 341 g/mol. The molecule has 0 radical (unpaired) electrons. The predicted octanol–water partition coefficient (Wildman–Crippen LogP) is 4.21. The summed E-state index contributed by atoms with van der Waals surface area (Å²) < 4.78 is 0. The summed E-state index contributed by atoms with van der Waals surface area (Å²) in [5, 5.41) is 14.9. The molecule has 25 heavy (non-hydrogen) atoms. The average molecular weight is 341 g/mol. The maximum atomic E-state index is 11.8. The van der Waals surface area contributed by atoms with Crippen LogP contribution in [0.3, 0.4) is 0 Å². The highest BCUT2D eigenvalue weighted by Crippen LogP contribution is 2.36. The number of aromatic nitrogens is 2. The van der Waals surface area contributed by atoms with Crippen LogP contribution in [0.25, 0.3) is 0 Å². The minimum atomic E-state index is -0.382. The number of hydrogen-bond acceptors (Lipinski definition) is 6. The van der Waals surface area contributed by atoms with Gasteiger partial charge in [0.2, 0.25) is 11.6 Å². The Bertz CT molecular complexity index is 748. The fourth-order valence-electron chi connectivity index (χ4n) is 3.32. The molecule has 1 N–H and O–H groups in total. The van der Waals surface area contributed by atoms with E-state index in [0.717, 1.165) is 43.5 Å². The van der Waals surface area contributed by atoms with E-state index in [1.54, 1.807) is 0 Å². The number of nitrogens with one attached hydrogen (secondary N) is 1. The molecule has 0 bridgehead atoms. The van der Waals surface area contributed by atoms with Gasteiger partial charge in [-0.15, -0.1) is 0 Å². The predicted molar refractivity (Wildman–Crippen MR) is 98.4 cm³/mol. The van der Waals surface area contributed by atoms with Gasteiger partial charge in [0.05, 0.1) is 4.92 Å². The molecule has 1 unspecified atom stereocenters. The van der Waals surface area contributed by atoms with E-state index in [1.807, 2.05) is 31.2 Å². The summed E-state index contributed by atoms with van der Waals surface area (Å²) in [6, 6.07) is 7.96. The Balaban J connectivity index is 1.99. The summed E-state index contributed by atoms with van der Waals surface area (Å²) in [7, 11) is 0. The lowest BCUT2D eigenvalue weighted by atomic mass is 10.00. The van der Waals surface area contributed by atoms with Gasteiger partial charge in [0.1, 0.15) is 6.33 Å². The van der Waals surface area contributed by atoms with Gasteiger partial charge in [0.15, 0.2) is 0 Å². The van der Waals surface area contributed by atoms with Crippen molar-refractivity contribution in [3.63, 3.8) is 0 Å². The number of piperidine rings is 1. The third kappa shape index (κ3) is 3.70. The van der Waals surface area contributed by atoms with Crippen LogP contribution in [0.4, 0.5) is 23.0 Å². The Morgan fingerprint density at radius 2 is 2.04 bits per heavy atom. The second-order valence-corrected chi connectivity index (χ2v) is 6.39. The van der Waals surface area contributed by atoms with E-state index in [4.69, 9.17) is 0 Å². The molecule has 2 aromatic rings. The highest BCUT2D eigenvalue weighted by molar-refractivity contribution is 5.74. The summed E-state index contributed by atoms with van der Waals surface area (Å²) in [5.74, 6) is 0.653. The molecule has 1 atom stereocenters. The zero-order chi connectivity index (χ0) is 17.8. The van der Waals surface area contributed by atoms with E-state index in [9.17, 15) is 10.1 Å². The minimum absolute atomic E-state index is 0.0524. The van der Waals surface area contributed by atoms with Crippen molar-refractivity contribution >= 4 is 23.0 Å². The van der Waals surface area contributed by atoms with Gasteiger partial charge in [-0.3, -0.25) is 10.1 Å². The van der Waals surface area contributed by atoms with E-state index in [2.05, 4.69) is 27.1 Å². The highest BCUT2D eigenvalue weighted by Gasteiger charge is 2.31. The highest BCUT2D eigenvalue weighted by atomic mass is 16.6. The molecule has 3 rings (SSSR count). The number of aryl methyl sites for hydroxylation is 1. The first kappa shape index (κ1) is 17.1. The van der Waals surface area contributed by atoms with Crippen LogP contribution in [-0.2, 0) is 0 Å². The van der Waals surface area contributed by atoms with Crippen molar-refractivity contribution in [3.8, 4) is 0 Å². The Morgan fingerprint density at radius 3 is 2.72 bits per heavy atom. The second kappa shape index (κ2) is 7.46. The first-order chi connectivity index (χ1) is 12.1. The smallest absolute Gasteiger partial charge is 0.348 e. The quantitative estimate of drug-likeness (QED) is 0.648. The van der Waals surface area contributed by atoms with Crippen molar-refractivity contribution in [1.82, 2.24) is 9.97 Å². The lowest BCUT2D eigenvalue weighted by molar-refractivity contribution is -0.383. The maximum absolute atomic E-state index is 11.8. The van der Waals surface area contributed by atoms with E-state index in [0.29, 0.717) is 5.82 Å². The van der Waals surface area contributed by atoms with Gasteiger partial charge in [-0.25, -0.2) is 9.97 Å². The van der Waals surface area contributed by atoms with E-state index in [-0.39, 0.29) is 22.5 Å². The Morgan fingerprint density at radius 1 is 1.28 bits per heavy atom. The molecule has 2 heterocycles. The van der Waals surface area contributed by atoms with E-state index in [1.165, 1.54) is 6.33 Å². The van der Waals surface area contributed by atoms with Crippen LogP contribution >= 0.6 is 0 Å². The van der Waals surface area contributed by atoms with Crippen molar-refractivity contribution < 1.29 is 4.92 Å². The second-order valence-electron chi connectivity index (χ2n) is 6.39. The Labute approximate surface area is 147 Å². The molecule has 7 nitrogen and oxygen atoms in total. The molecular weight excluding hydrogens is 318 g/mol. The van der Waals surface area contributed by atoms with Crippen molar-refractivity contribution in [2.24, 2.45) is 0 Å². The van der Waals surface area contributed by atoms with E-state index < -0.39 is 0 Å². The average Bonchev–Trinajstić information content (AvgIpc) is 2.63. The fourth-order valence-corrected chi connectivity index (χ4v) is 3.32. The molecule has 1 aliphatic rings. The van der Waals surface area contributed by atoms with Crippen molar-refractivity contribution in [2.45, 2.75) is 45.6 Å². The van der Waals surface area contributed by atoms with Gasteiger partial charge >= 0.3 is 5.69 Å². The molecule has 1 fully saturated rings. The third-order valence-corrected chi connectivity index (χ3v) is 4.67. The summed E-state index contributed by atoms with van der Waals surface area (Å²) in [6.07, 6.45) is 5.57. The molecule has 1 aromatic heterocycles. The lowest BCUT2D eigenvalue weighted by Crippen LogP contribution is -2.40. The van der Waals surface area contributed by atoms with Crippen molar-refractivity contribution in [3.05, 3.63) is 46.3 Å². The van der Waals surface area contributed by atoms with Crippen LogP contribution in [0, 0.1) is 17.0 Å². The number of anilines is 3. The molecule has 0 saturated carbocycles. The summed E-state index contributed by atoms with van der Waals surface area (Å²) in [5.41, 5.74) is 1.84. The number of nitro groups is 1. The summed E-state index contributed by atoms with van der Waals surface area (Å²) >= 11 is 0. The summed E-state index contributed by atoms with van der Waals surface area (Å²) in [4.78, 5) is 21.9.